The van der Waals surface area contributed by atoms with Gasteiger partial charge in [0.15, 0.2) is 11.2 Å². The van der Waals surface area contributed by atoms with Crippen LogP contribution in [0.3, 0.4) is 0 Å². The summed E-state index contributed by atoms with van der Waals surface area (Å²) in [5.74, 6) is 0.358. The molecule has 9 heteroatoms. The number of fused-ring (bicyclic) bond motifs is 2. The molecule has 0 unspecified atom stereocenters. The van der Waals surface area contributed by atoms with Crippen molar-refractivity contribution >= 4 is 34.1 Å². The van der Waals surface area contributed by atoms with Gasteiger partial charge in [0.25, 0.3) is 5.56 Å². The van der Waals surface area contributed by atoms with Crippen LogP contribution in [0, 0.1) is 0 Å². The molecule has 5 aromatic rings. The number of nitrogens with zero attached hydrogens (tertiary/aromatic N) is 6. The number of rotatable bonds is 5. The van der Waals surface area contributed by atoms with Crippen molar-refractivity contribution in [1.82, 2.24) is 23.7 Å². The number of benzene rings is 2. The Morgan fingerprint density at radius 2 is 1.82 bits per heavy atom. The van der Waals surface area contributed by atoms with Gasteiger partial charge in [-0.3, -0.25) is 23.5 Å². The molecular weight excluding hydrogens is 418 g/mol. The number of aryl methyl sites for hydroxylation is 1. The van der Waals surface area contributed by atoms with Gasteiger partial charge in [-0.15, -0.1) is 0 Å². The molecule has 0 fully saturated rings. The minimum Gasteiger partial charge on any atom is -0.298 e. The standard InChI is InChI=1S/C24H21N7O2/c1-29-21-20(22(32)30(2)24(29)33)31(15-18-10-5-9-17-8-3-4-11-19(17)18)23(27-21)28-26-14-16-7-6-12-25-13-16/h3-14H,15H2,1-2H3,(H,27,28). The topological polar surface area (TPSA) is 99.1 Å². The molecule has 9 nitrogen and oxygen atoms in total. The van der Waals surface area contributed by atoms with Crippen LogP contribution in [0.15, 0.2) is 81.7 Å². The average Bonchev–Trinajstić information content (AvgIpc) is 3.20. The van der Waals surface area contributed by atoms with Gasteiger partial charge in [0.2, 0.25) is 5.95 Å². The zero-order valence-electron chi connectivity index (χ0n) is 18.1. The Kier molecular flexibility index (Phi) is 5.06. The summed E-state index contributed by atoms with van der Waals surface area (Å²) >= 11 is 0. The largest absolute Gasteiger partial charge is 0.332 e. The first-order valence-corrected chi connectivity index (χ1v) is 10.4. The Bertz CT molecular complexity index is 1620. The number of aromatic nitrogens is 5. The SMILES string of the molecule is Cn1c(=O)c2c(nc(NN=Cc3cccnc3)n2Cc2cccc3ccccc23)n(C)c1=O. The van der Waals surface area contributed by atoms with Crippen LogP contribution in [0.25, 0.3) is 21.9 Å². The number of hydrazone groups is 1. The van der Waals surface area contributed by atoms with E-state index in [1.165, 1.54) is 11.6 Å². The normalized spacial score (nSPS) is 11.6. The number of hydrogen-bond acceptors (Lipinski definition) is 6. The predicted octanol–water partition coefficient (Wildman–Crippen LogP) is 2.48. The molecule has 0 atom stereocenters. The Hall–Kier alpha value is -4.53. The molecule has 2 aromatic carbocycles. The number of anilines is 1. The molecule has 0 radical (unpaired) electrons. The van der Waals surface area contributed by atoms with Gasteiger partial charge in [0.1, 0.15) is 0 Å². The zero-order chi connectivity index (χ0) is 22.9. The van der Waals surface area contributed by atoms with Crippen LogP contribution in [-0.2, 0) is 20.6 Å². The minimum atomic E-state index is -0.437. The highest BCUT2D eigenvalue weighted by Crippen LogP contribution is 2.23. The molecule has 33 heavy (non-hydrogen) atoms. The molecule has 0 saturated heterocycles. The third-order valence-electron chi connectivity index (χ3n) is 5.62. The van der Waals surface area contributed by atoms with Crippen LogP contribution >= 0.6 is 0 Å². The molecule has 5 rings (SSSR count). The monoisotopic (exact) mass is 439 g/mol. The smallest absolute Gasteiger partial charge is 0.298 e. The summed E-state index contributed by atoms with van der Waals surface area (Å²) in [7, 11) is 3.06. The molecule has 0 aliphatic carbocycles. The van der Waals surface area contributed by atoms with E-state index in [9.17, 15) is 9.59 Å². The quantitative estimate of drug-likeness (QED) is 0.335. The van der Waals surface area contributed by atoms with E-state index < -0.39 is 11.2 Å². The maximum atomic E-state index is 13.1. The maximum absolute atomic E-state index is 13.1. The lowest BCUT2D eigenvalue weighted by Gasteiger charge is -2.11. The third kappa shape index (κ3) is 3.59. The Labute approximate surface area is 188 Å². The fraction of sp³-hybridized carbons (Fsp3) is 0.125. The van der Waals surface area contributed by atoms with Crippen molar-refractivity contribution in [2.75, 3.05) is 5.43 Å². The lowest BCUT2D eigenvalue weighted by atomic mass is 10.0. The predicted molar refractivity (Wildman–Crippen MR) is 129 cm³/mol. The van der Waals surface area contributed by atoms with Gasteiger partial charge >= 0.3 is 5.69 Å². The van der Waals surface area contributed by atoms with E-state index in [-0.39, 0.29) is 0 Å². The summed E-state index contributed by atoms with van der Waals surface area (Å²) in [6.45, 7) is 0.371. The lowest BCUT2D eigenvalue weighted by Crippen LogP contribution is -2.37. The van der Waals surface area contributed by atoms with Crippen LogP contribution < -0.4 is 16.7 Å². The van der Waals surface area contributed by atoms with Crippen LogP contribution in [0.5, 0.6) is 0 Å². The highest BCUT2D eigenvalue weighted by molar-refractivity contribution is 5.86. The highest BCUT2D eigenvalue weighted by Gasteiger charge is 2.19. The van der Waals surface area contributed by atoms with E-state index >= 15 is 0 Å². The number of nitrogens with one attached hydrogen (secondary N) is 1. The fourth-order valence-electron chi connectivity index (χ4n) is 3.90. The van der Waals surface area contributed by atoms with E-state index in [0.29, 0.717) is 23.7 Å². The summed E-state index contributed by atoms with van der Waals surface area (Å²) in [4.78, 5) is 34.2. The molecule has 3 aromatic heterocycles. The van der Waals surface area contributed by atoms with Crippen molar-refractivity contribution in [3.8, 4) is 0 Å². The van der Waals surface area contributed by atoms with Gasteiger partial charge in [-0.1, -0.05) is 48.5 Å². The number of pyridine rings is 1. The van der Waals surface area contributed by atoms with E-state index in [2.05, 4.69) is 20.5 Å². The zero-order valence-corrected chi connectivity index (χ0v) is 18.1. The molecule has 3 heterocycles. The van der Waals surface area contributed by atoms with Crippen LogP contribution in [-0.4, -0.2) is 29.9 Å². The van der Waals surface area contributed by atoms with Crippen molar-refractivity contribution in [2.24, 2.45) is 19.2 Å². The van der Waals surface area contributed by atoms with Crippen molar-refractivity contribution in [2.45, 2.75) is 6.54 Å². The second-order valence-electron chi connectivity index (χ2n) is 7.69. The van der Waals surface area contributed by atoms with E-state index in [4.69, 9.17) is 0 Å². The van der Waals surface area contributed by atoms with Crippen LogP contribution in [0.1, 0.15) is 11.1 Å². The molecule has 0 bridgehead atoms. The first-order chi connectivity index (χ1) is 16.0. The highest BCUT2D eigenvalue weighted by atomic mass is 16.2. The summed E-state index contributed by atoms with van der Waals surface area (Å²) in [6.07, 6.45) is 4.99. The van der Waals surface area contributed by atoms with Gasteiger partial charge in [-0.05, 0) is 22.4 Å². The summed E-state index contributed by atoms with van der Waals surface area (Å²) in [5.41, 5.74) is 4.54. The fourth-order valence-corrected chi connectivity index (χ4v) is 3.90. The molecule has 0 aliphatic heterocycles. The minimum absolute atomic E-state index is 0.294. The molecule has 164 valence electrons. The molecule has 0 amide bonds. The molecule has 0 spiro atoms. The molecule has 0 saturated carbocycles. The number of hydrogen-bond donors (Lipinski definition) is 1. The second kappa shape index (κ2) is 8.19. The van der Waals surface area contributed by atoms with Gasteiger partial charge in [-0.2, -0.15) is 10.1 Å². The Morgan fingerprint density at radius 1 is 1.00 bits per heavy atom. The maximum Gasteiger partial charge on any atom is 0.332 e. The average molecular weight is 439 g/mol. The van der Waals surface area contributed by atoms with Gasteiger partial charge in [0, 0.05) is 32.1 Å². The summed E-state index contributed by atoms with van der Waals surface area (Å²) < 4.78 is 4.22. The molecule has 1 N–H and O–H groups in total. The van der Waals surface area contributed by atoms with Gasteiger partial charge in [0.05, 0.1) is 12.8 Å². The van der Waals surface area contributed by atoms with Gasteiger partial charge < -0.3 is 0 Å². The molecule has 0 aliphatic rings. The van der Waals surface area contributed by atoms with Crippen molar-refractivity contribution < 1.29 is 0 Å². The van der Waals surface area contributed by atoms with E-state index in [0.717, 1.165) is 26.5 Å². The third-order valence-corrected chi connectivity index (χ3v) is 5.62. The summed E-state index contributed by atoms with van der Waals surface area (Å²) in [5, 5.41) is 6.46. The lowest BCUT2D eigenvalue weighted by molar-refractivity contribution is 0.703. The van der Waals surface area contributed by atoms with Crippen molar-refractivity contribution in [3.05, 3.63) is 99.0 Å². The van der Waals surface area contributed by atoms with Gasteiger partial charge in [-0.25, -0.2) is 10.2 Å². The Balaban J connectivity index is 1.67. The molecular formula is C24H21N7O2. The van der Waals surface area contributed by atoms with E-state index in [1.807, 2.05) is 54.6 Å². The van der Waals surface area contributed by atoms with Crippen LogP contribution in [0.2, 0.25) is 0 Å². The summed E-state index contributed by atoms with van der Waals surface area (Å²) in [6, 6.07) is 17.8. The number of imidazole rings is 1. The second-order valence-corrected chi connectivity index (χ2v) is 7.69. The van der Waals surface area contributed by atoms with E-state index in [1.54, 1.807) is 30.2 Å². The first kappa shape index (κ1) is 20.4. The van der Waals surface area contributed by atoms with Crippen molar-refractivity contribution in [3.63, 3.8) is 0 Å². The van der Waals surface area contributed by atoms with Crippen LogP contribution in [0.4, 0.5) is 5.95 Å². The Morgan fingerprint density at radius 3 is 2.64 bits per heavy atom. The van der Waals surface area contributed by atoms with Crippen molar-refractivity contribution in [1.29, 1.82) is 0 Å². The first-order valence-electron chi connectivity index (χ1n) is 10.4.